The van der Waals surface area contributed by atoms with Crippen molar-refractivity contribution in [2.45, 2.75) is 6.04 Å². The van der Waals surface area contributed by atoms with Crippen LogP contribution in [0.3, 0.4) is 0 Å². The van der Waals surface area contributed by atoms with Crippen molar-refractivity contribution in [1.82, 2.24) is 4.98 Å². The highest BCUT2D eigenvalue weighted by Crippen LogP contribution is 2.24. The molecule has 0 fully saturated rings. The lowest BCUT2D eigenvalue weighted by atomic mass is 10.2. The number of pyridine rings is 1. The quantitative estimate of drug-likeness (QED) is 0.879. The molecule has 0 aliphatic rings. The van der Waals surface area contributed by atoms with E-state index in [9.17, 15) is 9.90 Å². The number of anilines is 1. The number of carbonyl (C=O) groups is 1. The van der Waals surface area contributed by atoms with Gasteiger partial charge in [0.05, 0.1) is 5.69 Å². The normalized spacial score (nSPS) is 11.5. The van der Waals surface area contributed by atoms with Crippen LogP contribution >= 0.6 is 11.3 Å². The highest BCUT2D eigenvalue weighted by atomic mass is 32.1. The molecule has 2 rings (SSSR count). The van der Waals surface area contributed by atoms with Crippen LogP contribution in [-0.2, 0) is 4.79 Å². The second-order valence-electron chi connectivity index (χ2n) is 3.44. The van der Waals surface area contributed by atoms with E-state index in [2.05, 4.69) is 10.3 Å². The fourth-order valence-corrected chi connectivity index (χ4v) is 2.24. The van der Waals surface area contributed by atoms with Crippen molar-refractivity contribution in [3.05, 3.63) is 46.4 Å². The number of thiophene rings is 1. The van der Waals surface area contributed by atoms with E-state index in [0.717, 1.165) is 0 Å². The smallest absolute Gasteiger partial charge is 0.331 e. The Bertz CT molecular complexity index is 590. The molecule has 90 valence electrons. The summed E-state index contributed by atoms with van der Waals surface area (Å²) in [5.41, 5.74) is 0.598. The first kappa shape index (κ1) is 12.1. The summed E-state index contributed by atoms with van der Waals surface area (Å²) in [5.74, 6) is -0.995. The first-order valence-corrected chi connectivity index (χ1v) is 5.98. The first-order chi connectivity index (χ1) is 8.72. The van der Waals surface area contributed by atoms with Crippen LogP contribution in [0.25, 0.3) is 0 Å². The molecule has 0 spiro atoms. The van der Waals surface area contributed by atoms with Crippen LogP contribution in [0.2, 0.25) is 0 Å². The lowest BCUT2D eigenvalue weighted by Crippen LogP contribution is -2.20. The van der Waals surface area contributed by atoms with Gasteiger partial charge in [-0.15, -0.1) is 11.3 Å². The Hall–Kier alpha value is -2.39. The fourth-order valence-electron chi connectivity index (χ4n) is 1.48. The summed E-state index contributed by atoms with van der Waals surface area (Å²) in [6.45, 7) is 0. The van der Waals surface area contributed by atoms with E-state index in [1.165, 1.54) is 17.5 Å². The Morgan fingerprint density at radius 1 is 1.50 bits per heavy atom. The molecule has 2 aromatic heterocycles. The number of rotatable bonds is 4. The summed E-state index contributed by atoms with van der Waals surface area (Å²) in [4.78, 5) is 15.8. The van der Waals surface area contributed by atoms with Crippen LogP contribution in [0, 0.1) is 11.3 Å². The molecule has 0 saturated carbocycles. The van der Waals surface area contributed by atoms with Gasteiger partial charge in [-0.25, -0.2) is 9.78 Å². The van der Waals surface area contributed by atoms with Gasteiger partial charge in [-0.05, 0) is 23.6 Å². The van der Waals surface area contributed by atoms with E-state index >= 15 is 0 Å². The van der Waals surface area contributed by atoms with Crippen molar-refractivity contribution in [2.24, 2.45) is 0 Å². The molecule has 1 unspecified atom stereocenters. The summed E-state index contributed by atoms with van der Waals surface area (Å²) in [6.07, 6.45) is 1.49. The number of nitrogens with one attached hydrogen (secondary N) is 1. The Kier molecular flexibility index (Phi) is 3.55. The number of aliphatic carboxylic acids is 1. The Morgan fingerprint density at radius 2 is 2.33 bits per heavy atom. The summed E-state index contributed by atoms with van der Waals surface area (Å²) in [7, 11) is 0. The average molecular weight is 259 g/mol. The van der Waals surface area contributed by atoms with Gasteiger partial charge in [-0.1, -0.05) is 6.07 Å². The topological polar surface area (TPSA) is 86.0 Å². The molecule has 0 aliphatic heterocycles. The third-order valence-electron chi connectivity index (χ3n) is 2.29. The van der Waals surface area contributed by atoms with Gasteiger partial charge in [0.2, 0.25) is 0 Å². The van der Waals surface area contributed by atoms with Crippen LogP contribution < -0.4 is 5.32 Å². The zero-order chi connectivity index (χ0) is 13.0. The molecule has 5 nitrogen and oxygen atoms in total. The van der Waals surface area contributed by atoms with E-state index in [4.69, 9.17) is 5.26 Å². The van der Waals surface area contributed by atoms with Crippen molar-refractivity contribution in [1.29, 1.82) is 5.26 Å². The molecule has 2 heterocycles. The van der Waals surface area contributed by atoms with Crippen molar-refractivity contribution in [3.63, 3.8) is 0 Å². The van der Waals surface area contributed by atoms with E-state index in [1.54, 1.807) is 29.6 Å². The second-order valence-corrected chi connectivity index (χ2v) is 4.42. The Balaban J connectivity index is 2.31. The van der Waals surface area contributed by atoms with Crippen LogP contribution in [0.1, 0.15) is 16.6 Å². The Labute approximate surface area is 107 Å². The molecule has 2 N–H and O–H groups in total. The molecule has 6 heteroatoms. The van der Waals surface area contributed by atoms with Gasteiger partial charge in [-0.2, -0.15) is 5.26 Å². The van der Waals surface area contributed by atoms with Gasteiger partial charge < -0.3 is 10.4 Å². The second kappa shape index (κ2) is 5.29. The number of carboxylic acid groups (broad SMARTS) is 1. The predicted octanol–water partition coefficient (Wildman–Crippen LogP) is 2.25. The first-order valence-electron chi connectivity index (χ1n) is 5.10. The lowest BCUT2D eigenvalue weighted by Gasteiger charge is -2.14. The van der Waals surface area contributed by atoms with Gasteiger partial charge >= 0.3 is 5.97 Å². The van der Waals surface area contributed by atoms with Crippen molar-refractivity contribution in [3.8, 4) is 6.07 Å². The molecular weight excluding hydrogens is 250 g/mol. The Morgan fingerprint density at radius 3 is 2.94 bits per heavy atom. The summed E-state index contributed by atoms with van der Waals surface area (Å²) in [5, 5.41) is 22.7. The van der Waals surface area contributed by atoms with Gasteiger partial charge in [-0.3, -0.25) is 0 Å². The maximum atomic E-state index is 11.2. The standard InChI is InChI=1S/C12H9N3O2S/c13-7-9-8(3-1-5-14-9)15-11(12(16)17)10-4-2-6-18-10/h1-6,11,15H,(H,16,17). The number of hydrogen-bond donors (Lipinski definition) is 2. The van der Waals surface area contributed by atoms with Gasteiger partial charge in [0.25, 0.3) is 0 Å². The predicted molar refractivity (Wildman–Crippen MR) is 67.3 cm³/mol. The minimum Gasteiger partial charge on any atom is -0.479 e. The third-order valence-corrected chi connectivity index (χ3v) is 3.23. The maximum absolute atomic E-state index is 11.2. The van der Waals surface area contributed by atoms with Crippen LogP contribution in [0.15, 0.2) is 35.8 Å². The van der Waals surface area contributed by atoms with E-state index < -0.39 is 12.0 Å². The van der Waals surface area contributed by atoms with Crippen LogP contribution in [0.5, 0.6) is 0 Å². The van der Waals surface area contributed by atoms with Crippen LogP contribution in [-0.4, -0.2) is 16.1 Å². The molecule has 0 amide bonds. The number of nitrogens with zero attached hydrogens (tertiary/aromatic N) is 2. The molecule has 0 aromatic carbocycles. The van der Waals surface area contributed by atoms with Crippen molar-refractivity contribution >= 4 is 23.0 Å². The molecule has 0 aliphatic carbocycles. The highest BCUT2D eigenvalue weighted by molar-refractivity contribution is 7.10. The maximum Gasteiger partial charge on any atom is 0.331 e. The number of nitriles is 1. The molecule has 0 saturated heterocycles. The SMILES string of the molecule is N#Cc1ncccc1NC(C(=O)O)c1cccs1. The molecular formula is C12H9N3O2S. The van der Waals surface area contributed by atoms with E-state index in [1.807, 2.05) is 6.07 Å². The number of carboxylic acids is 1. The van der Waals surface area contributed by atoms with Crippen molar-refractivity contribution < 1.29 is 9.90 Å². The molecule has 1 atom stereocenters. The van der Waals surface area contributed by atoms with E-state index in [0.29, 0.717) is 10.6 Å². The lowest BCUT2D eigenvalue weighted by molar-refractivity contribution is -0.138. The minimum absolute atomic E-state index is 0.181. The molecule has 2 aromatic rings. The zero-order valence-corrected chi connectivity index (χ0v) is 10.0. The number of hydrogen-bond acceptors (Lipinski definition) is 5. The third kappa shape index (κ3) is 2.47. The zero-order valence-electron chi connectivity index (χ0n) is 9.20. The monoisotopic (exact) mass is 259 g/mol. The highest BCUT2D eigenvalue weighted by Gasteiger charge is 2.21. The average Bonchev–Trinajstić information content (AvgIpc) is 2.89. The largest absolute Gasteiger partial charge is 0.479 e. The summed E-state index contributed by atoms with van der Waals surface area (Å²) >= 11 is 1.35. The van der Waals surface area contributed by atoms with Gasteiger partial charge in [0, 0.05) is 11.1 Å². The molecule has 0 bridgehead atoms. The van der Waals surface area contributed by atoms with Gasteiger partial charge in [0.15, 0.2) is 11.7 Å². The molecule has 0 radical (unpaired) electrons. The number of aromatic nitrogens is 1. The molecule has 18 heavy (non-hydrogen) atoms. The van der Waals surface area contributed by atoms with Crippen molar-refractivity contribution in [2.75, 3.05) is 5.32 Å². The van der Waals surface area contributed by atoms with E-state index in [-0.39, 0.29) is 5.69 Å². The summed E-state index contributed by atoms with van der Waals surface area (Å²) < 4.78 is 0. The van der Waals surface area contributed by atoms with Gasteiger partial charge in [0.1, 0.15) is 6.07 Å². The van der Waals surface area contributed by atoms with Crippen LogP contribution in [0.4, 0.5) is 5.69 Å². The minimum atomic E-state index is -0.995. The fraction of sp³-hybridized carbons (Fsp3) is 0.0833. The summed E-state index contributed by atoms with van der Waals surface area (Å²) in [6, 6.07) is 7.85.